The van der Waals surface area contributed by atoms with E-state index in [2.05, 4.69) is 5.32 Å². The van der Waals surface area contributed by atoms with Crippen LogP contribution in [0.2, 0.25) is 0 Å². The van der Waals surface area contributed by atoms with Crippen molar-refractivity contribution < 1.29 is 9.53 Å². The second-order valence-corrected chi connectivity index (χ2v) is 5.50. The summed E-state index contributed by atoms with van der Waals surface area (Å²) in [5, 5.41) is 3.42. The van der Waals surface area contributed by atoms with E-state index in [-0.39, 0.29) is 11.9 Å². The van der Waals surface area contributed by atoms with E-state index in [0.29, 0.717) is 6.04 Å². The highest BCUT2D eigenvalue weighted by molar-refractivity contribution is 5.82. The minimum atomic E-state index is 0.0399. The lowest BCUT2D eigenvalue weighted by atomic mass is 10.0. The lowest BCUT2D eigenvalue weighted by molar-refractivity contribution is -0.136. The molecule has 0 bridgehead atoms. The third kappa shape index (κ3) is 3.69. The van der Waals surface area contributed by atoms with Crippen molar-refractivity contribution in [3.63, 3.8) is 0 Å². The number of nitrogens with one attached hydrogen (secondary N) is 1. The number of hydrogen-bond donors (Lipinski definition) is 1. The van der Waals surface area contributed by atoms with Crippen LogP contribution >= 0.6 is 0 Å². The van der Waals surface area contributed by atoms with Crippen LogP contribution in [-0.4, -0.2) is 49.7 Å². The van der Waals surface area contributed by atoms with Gasteiger partial charge in [-0.05, 0) is 32.2 Å². The van der Waals surface area contributed by atoms with E-state index in [1.807, 2.05) is 11.9 Å². The first kappa shape index (κ1) is 13.8. The molecule has 4 heteroatoms. The molecular weight excluding hydrogens is 228 g/mol. The number of carbonyl (C=O) groups excluding carboxylic acids is 1. The van der Waals surface area contributed by atoms with Crippen molar-refractivity contribution >= 4 is 5.91 Å². The molecular formula is C14H26N2O2. The maximum atomic E-state index is 12.5. The molecule has 18 heavy (non-hydrogen) atoms. The van der Waals surface area contributed by atoms with Crippen molar-refractivity contribution in [2.45, 2.75) is 57.0 Å². The first-order valence-electron chi connectivity index (χ1n) is 7.37. The number of carbonyl (C=O) groups is 1. The maximum absolute atomic E-state index is 12.5. The Labute approximate surface area is 110 Å². The van der Waals surface area contributed by atoms with E-state index >= 15 is 0 Å². The minimum Gasteiger partial charge on any atom is -0.381 e. The third-order valence-corrected chi connectivity index (χ3v) is 4.19. The number of likely N-dealkylation sites (N-methyl/N-ethyl adjacent to an activating group) is 1. The van der Waals surface area contributed by atoms with Gasteiger partial charge in [-0.3, -0.25) is 4.79 Å². The number of rotatable bonds is 2. The molecule has 2 heterocycles. The predicted octanol–water partition coefficient (Wildman–Crippen LogP) is 1.55. The Kier molecular flexibility index (Phi) is 5.45. The molecule has 4 nitrogen and oxygen atoms in total. The smallest absolute Gasteiger partial charge is 0.239 e. The molecule has 0 aliphatic carbocycles. The molecule has 2 aliphatic rings. The van der Waals surface area contributed by atoms with Gasteiger partial charge in [0.25, 0.3) is 0 Å². The molecule has 0 aromatic rings. The summed E-state index contributed by atoms with van der Waals surface area (Å²) in [7, 11) is 1.96. The van der Waals surface area contributed by atoms with Gasteiger partial charge in [0.2, 0.25) is 5.91 Å². The zero-order chi connectivity index (χ0) is 12.8. The van der Waals surface area contributed by atoms with E-state index < -0.39 is 0 Å². The second kappa shape index (κ2) is 7.10. The van der Waals surface area contributed by atoms with E-state index in [9.17, 15) is 4.79 Å². The molecule has 2 rings (SSSR count). The molecule has 0 saturated carbocycles. The van der Waals surface area contributed by atoms with Crippen LogP contribution in [0, 0.1) is 0 Å². The van der Waals surface area contributed by atoms with Crippen LogP contribution < -0.4 is 5.32 Å². The lowest BCUT2D eigenvalue weighted by Crippen LogP contribution is -2.50. The molecule has 1 atom stereocenters. The fourth-order valence-corrected chi connectivity index (χ4v) is 2.91. The number of ether oxygens (including phenoxy) is 1. The van der Waals surface area contributed by atoms with Crippen LogP contribution in [-0.2, 0) is 9.53 Å². The quantitative estimate of drug-likeness (QED) is 0.813. The molecule has 0 radical (unpaired) electrons. The first-order valence-corrected chi connectivity index (χ1v) is 7.37. The molecule has 0 spiro atoms. The Balaban J connectivity index is 1.87. The van der Waals surface area contributed by atoms with Gasteiger partial charge in [0.1, 0.15) is 0 Å². The Morgan fingerprint density at radius 3 is 2.61 bits per heavy atom. The van der Waals surface area contributed by atoms with Crippen molar-refractivity contribution in [1.82, 2.24) is 10.2 Å². The topological polar surface area (TPSA) is 41.6 Å². The Morgan fingerprint density at radius 1 is 1.11 bits per heavy atom. The third-order valence-electron chi connectivity index (χ3n) is 4.19. The zero-order valence-electron chi connectivity index (χ0n) is 11.5. The Hall–Kier alpha value is -0.610. The largest absolute Gasteiger partial charge is 0.381 e. The second-order valence-electron chi connectivity index (χ2n) is 5.50. The van der Waals surface area contributed by atoms with E-state index in [0.717, 1.165) is 39.0 Å². The highest BCUT2D eigenvalue weighted by Gasteiger charge is 2.27. The molecule has 104 valence electrons. The monoisotopic (exact) mass is 254 g/mol. The van der Waals surface area contributed by atoms with Crippen LogP contribution in [0.3, 0.4) is 0 Å². The molecule has 2 aliphatic heterocycles. The van der Waals surface area contributed by atoms with E-state index in [1.165, 1.54) is 25.7 Å². The highest BCUT2D eigenvalue weighted by atomic mass is 16.5. The fraction of sp³-hybridized carbons (Fsp3) is 0.929. The van der Waals surface area contributed by atoms with Gasteiger partial charge in [0.05, 0.1) is 6.04 Å². The van der Waals surface area contributed by atoms with Gasteiger partial charge in [-0.15, -0.1) is 0 Å². The molecule has 0 aromatic carbocycles. The van der Waals surface area contributed by atoms with Gasteiger partial charge < -0.3 is 15.0 Å². The van der Waals surface area contributed by atoms with Crippen molar-refractivity contribution in [1.29, 1.82) is 0 Å². The van der Waals surface area contributed by atoms with Crippen LogP contribution in [0.4, 0.5) is 0 Å². The average molecular weight is 254 g/mol. The lowest BCUT2D eigenvalue weighted by Gasteiger charge is -2.34. The molecule has 2 fully saturated rings. The Morgan fingerprint density at radius 2 is 1.83 bits per heavy atom. The molecule has 2 saturated heterocycles. The van der Waals surface area contributed by atoms with Gasteiger partial charge >= 0.3 is 0 Å². The average Bonchev–Trinajstić information content (AvgIpc) is 2.38. The zero-order valence-corrected chi connectivity index (χ0v) is 11.5. The molecule has 0 aromatic heterocycles. The highest BCUT2D eigenvalue weighted by Crippen LogP contribution is 2.16. The summed E-state index contributed by atoms with van der Waals surface area (Å²) in [6, 6.07) is 0.414. The number of nitrogens with zero attached hydrogens (tertiary/aromatic N) is 1. The van der Waals surface area contributed by atoms with Crippen molar-refractivity contribution in [3.8, 4) is 0 Å². The minimum absolute atomic E-state index is 0.0399. The van der Waals surface area contributed by atoms with Crippen LogP contribution in [0.1, 0.15) is 44.9 Å². The molecule has 1 N–H and O–H groups in total. The molecule has 1 amide bonds. The maximum Gasteiger partial charge on any atom is 0.239 e. The predicted molar refractivity (Wildman–Crippen MR) is 71.5 cm³/mol. The summed E-state index contributed by atoms with van der Waals surface area (Å²) in [5.41, 5.74) is 0. The van der Waals surface area contributed by atoms with Gasteiger partial charge in [-0.2, -0.15) is 0 Å². The summed E-state index contributed by atoms with van der Waals surface area (Å²) in [5.74, 6) is 0.281. The summed E-state index contributed by atoms with van der Waals surface area (Å²) in [4.78, 5) is 14.4. The van der Waals surface area contributed by atoms with Gasteiger partial charge in [-0.1, -0.05) is 19.3 Å². The van der Waals surface area contributed by atoms with E-state index in [4.69, 9.17) is 4.74 Å². The normalized spacial score (nSPS) is 27.3. The van der Waals surface area contributed by atoms with Gasteiger partial charge in [-0.25, -0.2) is 0 Å². The summed E-state index contributed by atoms with van der Waals surface area (Å²) in [6.07, 6.45) is 7.89. The van der Waals surface area contributed by atoms with Crippen molar-refractivity contribution in [2.75, 3.05) is 26.8 Å². The van der Waals surface area contributed by atoms with Crippen molar-refractivity contribution in [2.24, 2.45) is 0 Å². The standard InChI is InChI=1S/C14H26N2O2/c1-16(12-7-10-18-11-8-12)14(17)13-6-4-2-3-5-9-15-13/h12-13,15H,2-11H2,1H3. The SMILES string of the molecule is CN(C(=O)C1CCCCCCN1)C1CCOCC1. The Bertz CT molecular complexity index is 253. The summed E-state index contributed by atoms with van der Waals surface area (Å²) in [6.45, 7) is 2.57. The first-order chi connectivity index (χ1) is 8.79. The summed E-state index contributed by atoms with van der Waals surface area (Å²) >= 11 is 0. The van der Waals surface area contributed by atoms with Crippen LogP contribution in [0.15, 0.2) is 0 Å². The van der Waals surface area contributed by atoms with Gasteiger partial charge in [0, 0.05) is 26.3 Å². The number of hydrogen-bond acceptors (Lipinski definition) is 3. The summed E-state index contributed by atoms with van der Waals surface area (Å²) < 4.78 is 5.36. The van der Waals surface area contributed by atoms with E-state index in [1.54, 1.807) is 0 Å². The van der Waals surface area contributed by atoms with Gasteiger partial charge in [0.15, 0.2) is 0 Å². The molecule has 1 unspecified atom stereocenters. The fourth-order valence-electron chi connectivity index (χ4n) is 2.91. The number of amides is 1. The van der Waals surface area contributed by atoms with Crippen LogP contribution in [0.25, 0.3) is 0 Å². The van der Waals surface area contributed by atoms with Crippen molar-refractivity contribution in [3.05, 3.63) is 0 Å². The van der Waals surface area contributed by atoms with Crippen LogP contribution in [0.5, 0.6) is 0 Å².